The van der Waals surface area contributed by atoms with Crippen molar-refractivity contribution in [3.63, 3.8) is 0 Å². The first-order chi connectivity index (χ1) is 9.39. The second-order valence-electron chi connectivity index (χ2n) is 6.00. The third-order valence-electron chi connectivity index (χ3n) is 3.10. The maximum Gasteiger partial charge on any atom is 0.129 e. The van der Waals surface area contributed by atoms with Crippen molar-refractivity contribution < 1.29 is 0 Å². The lowest BCUT2D eigenvalue weighted by Crippen LogP contribution is -2.35. The lowest BCUT2D eigenvalue weighted by atomic mass is 10.1. The van der Waals surface area contributed by atoms with E-state index < -0.39 is 0 Å². The molecule has 0 saturated heterocycles. The van der Waals surface area contributed by atoms with Crippen molar-refractivity contribution in [2.45, 2.75) is 53.1 Å². The van der Waals surface area contributed by atoms with E-state index in [-0.39, 0.29) is 5.54 Å². The van der Waals surface area contributed by atoms with Gasteiger partial charge in [-0.1, -0.05) is 12.8 Å². The zero-order chi connectivity index (χ0) is 15.2. The van der Waals surface area contributed by atoms with E-state index in [4.69, 9.17) is 6.42 Å². The van der Waals surface area contributed by atoms with Crippen molar-refractivity contribution in [1.82, 2.24) is 10.3 Å². The van der Waals surface area contributed by atoms with E-state index in [9.17, 15) is 0 Å². The second kappa shape index (κ2) is 7.31. The van der Waals surface area contributed by atoms with Crippen LogP contribution in [-0.2, 0) is 13.0 Å². The van der Waals surface area contributed by atoms with Crippen LogP contribution in [0.4, 0.5) is 5.82 Å². The summed E-state index contributed by atoms with van der Waals surface area (Å²) < 4.78 is 0. The Labute approximate surface area is 123 Å². The summed E-state index contributed by atoms with van der Waals surface area (Å²) in [6.45, 7) is 13.1. The zero-order valence-corrected chi connectivity index (χ0v) is 13.5. The van der Waals surface area contributed by atoms with Gasteiger partial charge in [-0.3, -0.25) is 0 Å². The topological polar surface area (TPSA) is 28.2 Å². The molecule has 110 valence electrons. The van der Waals surface area contributed by atoms with Crippen LogP contribution in [0.25, 0.3) is 0 Å². The molecule has 0 aliphatic heterocycles. The molecule has 0 saturated carbocycles. The molecule has 1 aromatic heterocycles. The van der Waals surface area contributed by atoms with Crippen LogP contribution in [0, 0.1) is 12.3 Å². The fourth-order valence-electron chi connectivity index (χ4n) is 1.91. The van der Waals surface area contributed by atoms with E-state index in [0.717, 1.165) is 31.0 Å². The van der Waals surface area contributed by atoms with Crippen LogP contribution in [0.2, 0.25) is 0 Å². The van der Waals surface area contributed by atoms with Gasteiger partial charge in [-0.2, -0.15) is 0 Å². The monoisotopic (exact) mass is 273 g/mol. The van der Waals surface area contributed by atoms with Crippen LogP contribution in [-0.4, -0.2) is 23.6 Å². The van der Waals surface area contributed by atoms with Crippen LogP contribution >= 0.6 is 0 Å². The zero-order valence-electron chi connectivity index (χ0n) is 13.5. The first kappa shape index (κ1) is 16.5. The van der Waals surface area contributed by atoms with Crippen molar-refractivity contribution >= 4 is 5.82 Å². The Morgan fingerprint density at radius 1 is 1.30 bits per heavy atom. The average molecular weight is 273 g/mol. The molecule has 3 heteroatoms. The van der Waals surface area contributed by atoms with Crippen molar-refractivity contribution in [2.75, 3.05) is 18.0 Å². The lowest BCUT2D eigenvalue weighted by molar-refractivity contribution is 0.424. The van der Waals surface area contributed by atoms with Crippen LogP contribution in [0.15, 0.2) is 12.1 Å². The van der Waals surface area contributed by atoms with Crippen molar-refractivity contribution in [2.24, 2.45) is 0 Å². The predicted molar refractivity (Wildman–Crippen MR) is 86.9 cm³/mol. The summed E-state index contributed by atoms with van der Waals surface area (Å²) in [5, 5.41) is 3.52. The molecule has 0 aromatic carbocycles. The summed E-state index contributed by atoms with van der Waals surface area (Å²) in [5.74, 6) is 3.68. The Morgan fingerprint density at radius 2 is 2.00 bits per heavy atom. The minimum absolute atomic E-state index is 0.110. The molecule has 0 aliphatic carbocycles. The molecule has 3 nitrogen and oxygen atoms in total. The molecule has 1 aromatic rings. The number of aromatic nitrogens is 1. The number of hydrogen-bond donors (Lipinski definition) is 1. The molecule has 0 bridgehead atoms. The number of anilines is 1. The average Bonchev–Trinajstić information content (AvgIpc) is 2.41. The number of nitrogens with zero attached hydrogens (tertiary/aromatic N) is 2. The Kier molecular flexibility index (Phi) is 6.04. The number of rotatable bonds is 6. The van der Waals surface area contributed by atoms with Crippen molar-refractivity contribution in [3.05, 3.63) is 23.4 Å². The van der Waals surface area contributed by atoms with E-state index in [2.05, 4.69) is 67.9 Å². The molecular formula is C17H27N3. The summed E-state index contributed by atoms with van der Waals surface area (Å²) >= 11 is 0. The highest BCUT2D eigenvalue weighted by molar-refractivity contribution is 5.44. The van der Waals surface area contributed by atoms with Gasteiger partial charge in [-0.05, 0) is 51.8 Å². The molecule has 1 heterocycles. The maximum absolute atomic E-state index is 5.43. The molecular weight excluding hydrogens is 246 g/mol. The van der Waals surface area contributed by atoms with Gasteiger partial charge in [0.25, 0.3) is 0 Å². The fourth-order valence-corrected chi connectivity index (χ4v) is 1.91. The number of aryl methyl sites for hydroxylation is 1. The van der Waals surface area contributed by atoms with Crippen molar-refractivity contribution in [3.8, 4) is 12.3 Å². The van der Waals surface area contributed by atoms with E-state index in [0.29, 0.717) is 6.54 Å². The third kappa shape index (κ3) is 5.22. The molecule has 0 amide bonds. The Morgan fingerprint density at radius 3 is 2.50 bits per heavy atom. The lowest BCUT2D eigenvalue weighted by Gasteiger charge is -2.23. The maximum atomic E-state index is 5.43. The number of terminal acetylenes is 1. The molecule has 0 fully saturated rings. The quantitative estimate of drug-likeness (QED) is 0.808. The third-order valence-corrected chi connectivity index (χ3v) is 3.10. The fraction of sp³-hybridized carbons (Fsp3) is 0.588. The minimum atomic E-state index is 0.110. The Bertz CT molecular complexity index is 466. The molecule has 1 rings (SSSR count). The highest BCUT2D eigenvalue weighted by atomic mass is 15.2. The predicted octanol–water partition coefficient (Wildman–Crippen LogP) is 2.99. The second-order valence-corrected chi connectivity index (χ2v) is 6.00. The summed E-state index contributed by atoms with van der Waals surface area (Å²) in [6.07, 6.45) is 6.37. The van der Waals surface area contributed by atoms with Crippen LogP contribution < -0.4 is 10.2 Å². The molecule has 1 N–H and O–H groups in total. The first-order valence-electron chi connectivity index (χ1n) is 7.33. The smallest absolute Gasteiger partial charge is 0.129 e. The number of nitrogens with one attached hydrogen (secondary N) is 1. The van der Waals surface area contributed by atoms with Gasteiger partial charge in [0.2, 0.25) is 0 Å². The van der Waals surface area contributed by atoms with Gasteiger partial charge in [0.15, 0.2) is 0 Å². The SMILES string of the molecule is C#CCN(CC)c1cc(CNC(C)(C)C)cc(CC)n1. The summed E-state index contributed by atoms with van der Waals surface area (Å²) in [4.78, 5) is 6.81. The minimum Gasteiger partial charge on any atom is -0.346 e. The van der Waals surface area contributed by atoms with E-state index >= 15 is 0 Å². The molecule has 20 heavy (non-hydrogen) atoms. The summed E-state index contributed by atoms with van der Waals surface area (Å²) in [6, 6.07) is 4.31. The normalized spacial score (nSPS) is 11.2. The van der Waals surface area contributed by atoms with Gasteiger partial charge in [0, 0.05) is 24.3 Å². The summed E-state index contributed by atoms with van der Waals surface area (Å²) in [7, 11) is 0. The van der Waals surface area contributed by atoms with Crippen LogP contribution in [0.3, 0.4) is 0 Å². The van der Waals surface area contributed by atoms with E-state index in [1.54, 1.807) is 0 Å². The largest absolute Gasteiger partial charge is 0.346 e. The Balaban J connectivity index is 2.99. The molecule has 0 aliphatic rings. The van der Waals surface area contributed by atoms with Gasteiger partial charge in [-0.15, -0.1) is 6.42 Å². The summed E-state index contributed by atoms with van der Waals surface area (Å²) in [5.41, 5.74) is 2.49. The molecule has 0 radical (unpaired) electrons. The van der Waals surface area contributed by atoms with Crippen LogP contribution in [0.5, 0.6) is 0 Å². The van der Waals surface area contributed by atoms with E-state index in [1.165, 1.54) is 5.56 Å². The number of pyridine rings is 1. The highest BCUT2D eigenvalue weighted by Gasteiger charge is 2.11. The van der Waals surface area contributed by atoms with Gasteiger partial charge in [0.1, 0.15) is 5.82 Å². The molecule has 0 unspecified atom stereocenters. The molecule has 0 atom stereocenters. The van der Waals surface area contributed by atoms with Gasteiger partial charge in [0.05, 0.1) is 6.54 Å². The molecule has 0 spiro atoms. The van der Waals surface area contributed by atoms with Crippen molar-refractivity contribution in [1.29, 1.82) is 0 Å². The van der Waals surface area contributed by atoms with E-state index in [1.807, 2.05) is 0 Å². The number of hydrogen-bond acceptors (Lipinski definition) is 3. The first-order valence-corrected chi connectivity index (χ1v) is 7.33. The highest BCUT2D eigenvalue weighted by Crippen LogP contribution is 2.16. The van der Waals surface area contributed by atoms with Crippen LogP contribution in [0.1, 0.15) is 45.9 Å². The van der Waals surface area contributed by atoms with Gasteiger partial charge in [-0.25, -0.2) is 4.98 Å². The van der Waals surface area contributed by atoms with Gasteiger partial charge >= 0.3 is 0 Å². The van der Waals surface area contributed by atoms with Gasteiger partial charge < -0.3 is 10.2 Å². The Hall–Kier alpha value is -1.53. The standard InChI is InChI=1S/C17H27N3/c1-7-10-20(9-3)16-12-14(11-15(8-2)19-16)13-18-17(4,5)6/h1,11-12,18H,8-10,13H2,2-6H3.